The minimum Gasteiger partial charge on any atom is -0.366 e. The van der Waals surface area contributed by atoms with Crippen LogP contribution >= 0.6 is 0 Å². The normalized spacial score (nSPS) is 36.6. The Morgan fingerprint density at radius 3 is 2.25 bits per heavy atom. The van der Waals surface area contributed by atoms with Crippen molar-refractivity contribution in [3.05, 3.63) is 35.4 Å². The van der Waals surface area contributed by atoms with Gasteiger partial charge in [0.2, 0.25) is 11.8 Å². The highest BCUT2D eigenvalue weighted by molar-refractivity contribution is 5.92. The number of primary amides is 1. The smallest absolute Gasteiger partial charge is 0.248 e. The number of nitrogens with one attached hydrogen (secondary N) is 1. The molecule has 28 heavy (non-hydrogen) atoms. The molecule has 5 aliphatic rings. The molecule has 0 radical (unpaired) electrons. The fraction of sp³-hybridized carbons (Fsp3) is 0.652. The number of hydrogen-bond acceptors (Lipinski definition) is 3. The molecule has 0 aromatic heterocycles. The van der Waals surface area contributed by atoms with Gasteiger partial charge in [0.05, 0.1) is 6.04 Å². The molecule has 4 bridgehead atoms. The molecular weight excluding hydrogens is 350 g/mol. The van der Waals surface area contributed by atoms with Gasteiger partial charge in [0.1, 0.15) is 0 Å². The minimum atomic E-state index is -0.402. The van der Waals surface area contributed by atoms with Crippen LogP contribution in [-0.2, 0) is 11.3 Å². The number of amides is 2. The second kappa shape index (κ2) is 7.18. The fourth-order valence-electron chi connectivity index (χ4n) is 6.74. The zero-order valence-corrected chi connectivity index (χ0v) is 16.5. The first-order chi connectivity index (χ1) is 13.6. The first-order valence-electron chi connectivity index (χ1n) is 11.0. The summed E-state index contributed by atoms with van der Waals surface area (Å²) in [6, 6.07) is 7.84. The van der Waals surface area contributed by atoms with Gasteiger partial charge in [-0.3, -0.25) is 14.5 Å². The van der Waals surface area contributed by atoms with Gasteiger partial charge < -0.3 is 11.1 Å². The van der Waals surface area contributed by atoms with Crippen molar-refractivity contribution < 1.29 is 9.59 Å². The Balaban J connectivity index is 1.22. The van der Waals surface area contributed by atoms with E-state index >= 15 is 0 Å². The minimum absolute atomic E-state index is 0.0204. The summed E-state index contributed by atoms with van der Waals surface area (Å²) in [6.45, 7) is 1.70. The van der Waals surface area contributed by atoms with Crippen LogP contribution in [0.25, 0.3) is 0 Å². The highest BCUT2D eigenvalue weighted by Crippen LogP contribution is 2.53. The SMILES string of the molecule is NC(=O)c1ccc(CN2CCCC2C(=O)NC2C3CC4CC(C3)CC2C4)cc1. The van der Waals surface area contributed by atoms with Crippen LogP contribution in [0.2, 0.25) is 0 Å². The summed E-state index contributed by atoms with van der Waals surface area (Å²) in [5, 5.41) is 3.50. The van der Waals surface area contributed by atoms with E-state index in [1.165, 1.54) is 32.1 Å². The predicted octanol–water partition coefficient (Wildman–Crippen LogP) is 2.69. The lowest BCUT2D eigenvalue weighted by Crippen LogP contribution is -2.58. The van der Waals surface area contributed by atoms with Crippen LogP contribution in [0.3, 0.4) is 0 Å². The lowest BCUT2D eigenvalue weighted by atomic mass is 9.54. The summed E-state index contributed by atoms with van der Waals surface area (Å²) in [5.74, 6) is 3.14. The number of rotatable bonds is 5. The molecule has 5 fully saturated rings. The second-order valence-corrected chi connectivity index (χ2v) is 9.65. The maximum atomic E-state index is 13.2. The maximum Gasteiger partial charge on any atom is 0.248 e. The molecule has 1 aromatic carbocycles. The van der Waals surface area contributed by atoms with Gasteiger partial charge in [-0.2, -0.15) is 0 Å². The second-order valence-electron chi connectivity index (χ2n) is 9.65. The molecule has 1 saturated heterocycles. The first kappa shape index (κ1) is 18.2. The van der Waals surface area contributed by atoms with E-state index in [4.69, 9.17) is 5.73 Å². The topological polar surface area (TPSA) is 75.4 Å². The molecule has 4 aliphatic carbocycles. The summed E-state index contributed by atoms with van der Waals surface area (Å²) in [7, 11) is 0. The third-order valence-electron chi connectivity index (χ3n) is 7.83. The van der Waals surface area contributed by atoms with Crippen LogP contribution in [0.15, 0.2) is 24.3 Å². The lowest BCUT2D eigenvalue weighted by Gasteiger charge is -2.54. The van der Waals surface area contributed by atoms with Crippen molar-refractivity contribution in [2.24, 2.45) is 29.4 Å². The molecule has 5 heteroatoms. The van der Waals surface area contributed by atoms with Gasteiger partial charge in [-0.15, -0.1) is 0 Å². The van der Waals surface area contributed by atoms with Crippen molar-refractivity contribution >= 4 is 11.8 Å². The third kappa shape index (κ3) is 3.34. The number of nitrogens with two attached hydrogens (primary N) is 1. The molecule has 1 heterocycles. The Morgan fingerprint density at radius 1 is 1.00 bits per heavy atom. The Kier molecular flexibility index (Phi) is 4.66. The van der Waals surface area contributed by atoms with Crippen LogP contribution in [0.4, 0.5) is 0 Å². The van der Waals surface area contributed by atoms with Gasteiger partial charge >= 0.3 is 0 Å². The summed E-state index contributed by atoms with van der Waals surface area (Å²) in [5.41, 5.74) is 6.98. The van der Waals surface area contributed by atoms with Crippen molar-refractivity contribution in [2.45, 2.75) is 63.6 Å². The molecule has 4 saturated carbocycles. The molecule has 1 atom stereocenters. The Bertz CT molecular complexity index is 732. The number of likely N-dealkylation sites (tertiary alicyclic amines) is 1. The standard InChI is InChI=1S/C23H31N3O2/c24-22(27)17-5-3-14(4-6-17)13-26-7-1-2-20(26)23(28)25-21-18-9-15-8-16(11-18)12-19(21)10-15/h3-6,15-16,18-21H,1-2,7-13H2,(H2,24,27)(H,25,28). The molecule has 2 amide bonds. The number of hydrogen-bond donors (Lipinski definition) is 2. The summed E-state index contributed by atoms with van der Waals surface area (Å²) < 4.78 is 0. The van der Waals surface area contributed by atoms with Crippen LogP contribution in [0.1, 0.15) is 60.9 Å². The zero-order chi connectivity index (χ0) is 19.3. The maximum absolute atomic E-state index is 13.2. The predicted molar refractivity (Wildman–Crippen MR) is 107 cm³/mol. The van der Waals surface area contributed by atoms with Gasteiger partial charge in [0.15, 0.2) is 0 Å². The lowest BCUT2D eigenvalue weighted by molar-refractivity contribution is -0.129. The van der Waals surface area contributed by atoms with Crippen LogP contribution in [-0.4, -0.2) is 35.3 Å². The van der Waals surface area contributed by atoms with Crippen LogP contribution < -0.4 is 11.1 Å². The van der Waals surface area contributed by atoms with Crippen molar-refractivity contribution in [1.82, 2.24) is 10.2 Å². The van der Waals surface area contributed by atoms with E-state index in [9.17, 15) is 9.59 Å². The molecule has 1 unspecified atom stereocenters. The molecule has 150 valence electrons. The number of nitrogens with zero attached hydrogens (tertiary/aromatic N) is 1. The van der Waals surface area contributed by atoms with Gasteiger partial charge in [0.25, 0.3) is 0 Å². The third-order valence-corrected chi connectivity index (χ3v) is 7.83. The number of carbonyl (C=O) groups is 2. The van der Waals surface area contributed by atoms with E-state index in [1.807, 2.05) is 12.1 Å². The molecule has 6 rings (SSSR count). The number of carbonyl (C=O) groups excluding carboxylic acids is 2. The van der Waals surface area contributed by atoms with E-state index in [0.29, 0.717) is 11.6 Å². The number of benzene rings is 1. The molecule has 5 nitrogen and oxygen atoms in total. The molecule has 3 N–H and O–H groups in total. The Hall–Kier alpha value is -1.88. The molecular formula is C23H31N3O2. The molecule has 1 aliphatic heterocycles. The monoisotopic (exact) mass is 381 g/mol. The highest BCUT2D eigenvalue weighted by Gasteiger charge is 2.49. The quantitative estimate of drug-likeness (QED) is 0.823. The fourth-order valence-corrected chi connectivity index (χ4v) is 6.74. The van der Waals surface area contributed by atoms with E-state index < -0.39 is 5.91 Å². The summed E-state index contributed by atoms with van der Waals surface area (Å²) in [4.78, 5) is 26.7. The van der Waals surface area contributed by atoms with Crippen molar-refractivity contribution in [2.75, 3.05) is 6.54 Å². The van der Waals surface area contributed by atoms with Gasteiger partial charge in [-0.25, -0.2) is 0 Å². The van der Waals surface area contributed by atoms with Crippen LogP contribution in [0.5, 0.6) is 0 Å². The van der Waals surface area contributed by atoms with E-state index in [0.717, 1.165) is 55.2 Å². The van der Waals surface area contributed by atoms with E-state index in [-0.39, 0.29) is 11.9 Å². The molecule has 0 spiro atoms. The van der Waals surface area contributed by atoms with Crippen molar-refractivity contribution in [1.29, 1.82) is 0 Å². The van der Waals surface area contributed by atoms with E-state index in [2.05, 4.69) is 10.2 Å². The van der Waals surface area contributed by atoms with E-state index in [1.54, 1.807) is 12.1 Å². The Morgan fingerprint density at radius 2 is 1.64 bits per heavy atom. The average Bonchev–Trinajstić information content (AvgIpc) is 3.12. The largest absolute Gasteiger partial charge is 0.366 e. The van der Waals surface area contributed by atoms with Gasteiger partial charge in [-0.1, -0.05) is 12.1 Å². The summed E-state index contributed by atoms with van der Waals surface area (Å²) >= 11 is 0. The molecule has 1 aromatic rings. The van der Waals surface area contributed by atoms with Gasteiger partial charge in [0, 0.05) is 18.2 Å². The summed E-state index contributed by atoms with van der Waals surface area (Å²) in [6.07, 6.45) is 8.78. The van der Waals surface area contributed by atoms with Gasteiger partial charge in [-0.05, 0) is 92.9 Å². The highest BCUT2D eigenvalue weighted by atomic mass is 16.2. The van der Waals surface area contributed by atoms with Crippen molar-refractivity contribution in [3.63, 3.8) is 0 Å². The van der Waals surface area contributed by atoms with Crippen LogP contribution in [0, 0.1) is 23.7 Å². The average molecular weight is 382 g/mol. The van der Waals surface area contributed by atoms with Crippen molar-refractivity contribution in [3.8, 4) is 0 Å². The first-order valence-corrected chi connectivity index (χ1v) is 11.0. The zero-order valence-electron chi connectivity index (χ0n) is 16.5. The Labute approximate surface area is 167 Å².